The molecule has 0 spiro atoms. The standard InChI is InChI=1S/C21H26N8/c1-26(2)11-6-12-27-14-23-20-25-19(16-7-5-10-22-13-16)29-18-9-4-3-8-17(18)24-21(29)28(20)15-27/h3-5,7-10,13,19H,6,11-12,14-15H2,1-2H3,(H,23,25). The maximum absolute atomic E-state index is 4.97. The van der Waals surface area contributed by atoms with Crippen molar-refractivity contribution in [2.45, 2.75) is 12.6 Å². The lowest BCUT2D eigenvalue weighted by Gasteiger charge is -2.41. The Hall–Kier alpha value is -2.97. The number of benzene rings is 1. The number of aliphatic imine (C=N–C) groups is 1. The first-order valence-corrected chi connectivity index (χ1v) is 10.0. The molecule has 0 bridgehead atoms. The fourth-order valence-corrected chi connectivity index (χ4v) is 4.03. The minimum Gasteiger partial charge on any atom is -0.331 e. The van der Waals surface area contributed by atoms with Crippen LogP contribution in [0.2, 0.25) is 0 Å². The summed E-state index contributed by atoms with van der Waals surface area (Å²) >= 11 is 0. The number of nitrogens with zero attached hydrogens (tertiary/aromatic N) is 7. The third-order valence-corrected chi connectivity index (χ3v) is 5.44. The Balaban J connectivity index is 1.52. The molecule has 1 N–H and O–H groups in total. The molecule has 0 fully saturated rings. The number of para-hydroxylation sites is 2. The number of guanidine groups is 1. The Morgan fingerprint density at radius 3 is 2.90 bits per heavy atom. The fraction of sp³-hybridized carbons (Fsp3) is 0.381. The third kappa shape index (κ3) is 3.34. The van der Waals surface area contributed by atoms with Crippen LogP contribution >= 0.6 is 0 Å². The molecule has 4 heterocycles. The molecule has 2 aromatic heterocycles. The molecule has 2 aliphatic rings. The molecule has 0 saturated carbocycles. The van der Waals surface area contributed by atoms with Crippen molar-refractivity contribution in [3.63, 3.8) is 0 Å². The Labute approximate surface area is 170 Å². The zero-order valence-corrected chi connectivity index (χ0v) is 16.9. The predicted molar refractivity (Wildman–Crippen MR) is 115 cm³/mol. The van der Waals surface area contributed by atoms with Crippen LogP contribution < -0.4 is 10.2 Å². The van der Waals surface area contributed by atoms with Gasteiger partial charge in [-0.3, -0.25) is 19.4 Å². The number of rotatable bonds is 5. The quantitative estimate of drug-likeness (QED) is 0.718. The van der Waals surface area contributed by atoms with E-state index in [1.54, 1.807) is 6.20 Å². The number of hydrogen-bond acceptors (Lipinski definition) is 7. The highest BCUT2D eigenvalue weighted by Crippen LogP contribution is 2.33. The van der Waals surface area contributed by atoms with E-state index < -0.39 is 0 Å². The van der Waals surface area contributed by atoms with E-state index in [4.69, 9.17) is 9.98 Å². The van der Waals surface area contributed by atoms with Gasteiger partial charge in [-0.15, -0.1) is 0 Å². The van der Waals surface area contributed by atoms with Gasteiger partial charge in [-0.1, -0.05) is 18.2 Å². The van der Waals surface area contributed by atoms with Crippen molar-refractivity contribution in [2.75, 3.05) is 45.4 Å². The van der Waals surface area contributed by atoms with Crippen LogP contribution in [0.25, 0.3) is 11.0 Å². The molecular formula is C21H26N8. The van der Waals surface area contributed by atoms with Gasteiger partial charge in [0.25, 0.3) is 0 Å². The van der Waals surface area contributed by atoms with Crippen molar-refractivity contribution >= 4 is 22.9 Å². The summed E-state index contributed by atoms with van der Waals surface area (Å²) < 4.78 is 2.26. The zero-order chi connectivity index (χ0) is 19.8. The van der Waals surface area contributed by atoms with Gasteiger partial charge < -0.3 is 10.2 Å². The summed E-state index contributed by atoms with van der Waals surface area (Å²) in [4.78, 5) is 20.9. The molecule has 1 aromatic carbocycles. The molecule has 3 aromatic rings. The second kappa shape index (κ2) is 7.46. The van der Waals surface area contributed by atoms with E-state index >= 15 is 0 Å². The Morgan fingerprint density at radius 2 is 2.07 bits per heavy atom. The number of anilines is 1. The smallest absolute Gasteiger partial charge is 0.216 e. The van der Waals surface area contributed by atoms with Gasteiger partial charge in [0.15, 0.2) is 0 Å². The van der Waals surface area contributed by atoms with Crippen LogP contribution in [0.1, 0.15) is 18.2 Å². The molecule has 150 valence electrons. The van der Waals surface area contributed by atoms with E-state index in [0.29, 0.717) is 6.67 Å². The molecule has 8 heteroatoms. The fourth-order valence-electron chi connectivity index (χ4n) is 4.03. The number of hydrogen-bond donors (Lipinski definition) is 1. The van der Waals surface area contributed by atoms with E-state index in [1.807, 2.05) is 18.3 Å². The van der Waals surface area contributed by atoms with Gasteiger partial charge in [0.1, 0.15) is 6.17 Å². The van der Waals surface area contributed by atoms with Gasteiger partial charge in [0, 0.05) is 24.5 Å². The lowest BCUT2D eigenvalue weighted by molar-refractivity contribution is 0.254. The molecule has 0 amide bonds. The van der Waals surface area contributed by atoms with Crippen LogP contribution in [-0.2, 0) is 0 Å². The predicted octanol–water partition coefficient (Wildman–Crippen LogP) is 1.93. The van der Waals surface area contributed by atoms with Gasteiger partial charge in [-0.2, -0.15) is 0 Å². The van der Waals surface area contributed by atoms with Crippen molar-refractivity contribution in [2.24, 2.45) is 4.99 Å². The van der Waals surface area contributed by atoms with Crippen LogP contribution in [0, 0.1) is 0 Å². The summed E-state index contributed by atoms with van der Waals surface area (Å²) in [6.07, 6.45) is 4.74. The largest absolute Gasteiger partial charge is 0.331 e. The maximum Gasteiger partial charge on any atom is 0.216 e. The number of pyridine rings is 1. The Kier molecular flexibility index (Phi) is 4.65. The third-order valence-electron chi connectivity index (χ3n) is 5.44. The van der Waals surface area contributed by atoms with Crippen LogP contribution in [0.4, 0.5) is 5.95 Å². The van der Waals surface area contributed by atoms with Gasteiger partial charge >= 0.3 is 0 Å². The Morgan fingerprint density at radius 1 is 1.17 bits per heavy atom. The average molecular weight is 390 g/mol. The highest BCUT2D eigenvalue weighted by molar-refractivity contribution is 5.98. The molecule has 8 nitrogen and oxygen atoms in total. The molecule has 0 saturated heterocycles. The summed E-state index contributed by atoms with van der Waals surface area (Å²) in [5.74, 6) is 1.81. The number of imidazole rings is 1. The van der Waals surface area contributed by atoms with Crippen molar-refractivity contribution in [1.82, 2.24) is 29.7 Å². The van der Waals surface area contributed by atoms with Crippen molar-refractivity contribution in [3.05, 3.63) is 54.4 Å². The first-order chi connectivity index (χ1) is 14.2. The Bertz CT molecular complexity index is 1030. The van der Waals surface area contributed by atoms with E-state index in [1.165, 1.54) is 0 Å². The molecule has 2 aliphatic heterocycles. The topological polar surface area (TPSA) is 64.8 Å². The first kappa shape index (κ1) is 18.1. The summed E-state index contributed by atoms with van der Waals surface area (Å²) in [7, 11) is 4.23. The van der Waals surface area contributed by atoms with Crippen LogP contribution in [-0.4, -0.2) is 70.8 Å². The average Bonchev–Trinajstić information content (AvgIpc) is 3.14. The maximum atomic E-state index is 4.97. The minimum atomic E-state index is -0.0820. The molecule has 0 radical (unpaired) electrons. The summed E-state index contributed by atoms with van der Waals surface area (Å²) in [6, 6.07) is 12.3. The monoisotopic (exact) mass is 390 g/mol. The zero-order valence-electron chi connectivity index (χ0n) is 16.9. The van der Waals surface area contributed by atoms with Crippen molar-refractivity contribution in [1.29, 1.82) is 0 Å². The number of aromatic nitrogens is 3. The first-order valence-electron chi connectivity index (χ1n) is 10.0. The van der Waals surface area contributed by atoms with E-state index in [-0.39, 0.29) is 6.17 Å². The number of nitrogens with one attached hydrogen (secondary N) is 1. The van der Waals surface area contributed by atoms with Crippen molar-refractivity contribution in [3.8, 4) is 0 Å². The number of fused-ring (bicyclic) bond motifs is 5. The summed E-state index contributed by atoms with van der Waals surface area (Å²) in [5, 5.41) is 3.63. The lowest BCUT2D eigenvalue weighted by Crippen LogP contribution is -2.57. The highest BCUT2D eigenvalue weighted by atomic mass is 15.5. The van der Waals surface area contributed by atoms with Crippen LogP contribution in [0.5, 0.6) is 0 Å². The minimum absolute atomic E-state index is 0.0820. The van der Waals surface area contributed by atoms with E-state index in [9.17, 15) is 0 Å². The van der Waals surface area contributed by atoms with Crippen LogP contribution in [0.15, 0.2) is 53.8 Å². The second-order valence-electron chi connectivity index (χ2n) is 7.85. The summed E-state index contributed by atoms with van der Waals surface area (Å²) in [5.41, 5.74) is 3.18. The molecular weight excluding hydrogens is 364 g/mol. The van der Waals surface area contributed by atoms with Crippen molar-refractivity contribution < 1.29 is 0 Å². The van der Waals surface area contributed by atoms with E-state index in [2.05, 4.69) is 67.9 Å². The highest BCUT2D eigenvalue weighted by Gasteiger charge is 2.35. The van der Waals surface area contributed by atoms with Gasteiger partial charge in [0.2, 0.25) is 11.9 Å². The lowest BCUT2D eigenvalue weighted by atomic mass is 10.2. The normalized spacial score (nSPS) is 19.1. The van der Waals surface area contributed by atoms with Crippen LogP contribution in [0.3, 0.4) is 0 Å². The molecule has 29 heavy (non-hydrogen) atoms. The van der Waals surface area contributed by atoms with Gasteiger partial charge in [0.05, 0.1) is 24.4 Å². The summed E-state index contributed by atoms with van der Waals surface area (Å²) in [6.45, 7) is 3.57. The van der Waals surface area contributed by atoms with E-state index in [0.717, 1.165) is 54.7 Å². The molecule has 0 aliphatic carbocycles. The molecule has 1 atom stereocenters. The SMILES string of the molecule is CN(C)CCCN1CN=C2NC(c3cccnc3)n3c(nc4ccccc43)N2C1. The second-order valence-corrected chi connectivity index (χ2v) is 7.85. The van der Waals surface area contributed by atoms with Gasteiger partial charge in [-0.25, -0.2) is 9.98 Å². The molecule has 5 rings (SSSR count). The van der Waals surface area contributed by atoms with Gasteiger partial charge in [-0.05, 0) is 45.3 Å². The molecule has 1 unspecified atom stereocenters.